The monoisotopic (exact) mass is 585 g/mol. The Bertz CT molecular complexity index is 1400. The van der Waals surface area contributed by atoms with Crippen LogP contribution in [0.1, 0.15) is 33.3 Å². The molecule has 0 radical (unpaired) electrons. The molecule has 0 aliphatic rings. The van der Waals surface area contributed by atoms with Crippen LogP contribution < -0.4 is 14.4 Å². The van der Waals surface area contributed by atoms with Crippen molar-refractivity contribution in [1.29, 1.82) is 0 Å². The molecule has 0 heterocycles. The van der Waals surface area contributed by atoms with Gasteiger partial charge in [-0.1, -0.05) is 67.9 Å². The minimum absolute atomic E-state index is 0.0261. The fourth-order valence-corrected chi connectivity index (χ4v) is 5.70. The molecule has 0 aromatic heterocycles. The smallest absolute Gasteiger partial charge is 0.264 e. The molecule has 10 heteroatoms. The molecule has 0 saturated carbocycles. The number of benzene rings is 3. The van der Waals surface area contributed by atoms with Gasteiger partial charge < -0.3 is 15.0 Å². The molecule has 0 fully saturated rings. The highest BCUT2D eigenvalue weighted by Gasteiger charge is 2.33. The van der Waals surface area contributed by atoms with E-state index in [2.05, 4.69) is 5.32 Å². The SMILES string of the molecule is CCOc1ccccc1N(CC(=O)N(Cc1cccc(Cl)c1)C(C)C(=O)NCC(C)C)S(=O)(=O)c1ccccc1. The average Bonchev–Trinajstić information content (AvgIpc) is 2.94. The van der Waals surface area contributed by atoms with E-state index in [9.17, 15) is 18.0 Å². The Morgan fingerprint density at radius 3 is 2.27 bits per heavy atom. The van der Waals surface area contributed by atoms with E-state index in [0.29, 0.717) is 29.5 Å². The molecule has 3 aromatic rings. The van der Waals surface area contributed by atoms with Crippen LogP contribution in [0.5, 0.6) is 5.75 Å². The highest BCUT2D eigenvalue weighted by Crippen LogP contribution is 2.33. The van der Waals surface area contributed by atoms with Crippen molar-refractivity contribution in [3.63, 3.8) is 0 Å². The molecule has 0 spiro atoms. The van der Waals surface area contributed by atoms with Crippen LogP contribution in [0.25, 0.3) is 0 Å². The largest absolute Gasteiger partial charge is 0.492 e. The Morgan fingerprint density at radius 2 is 1.62 bits per heavy atom. The number of sulfonamides is 1. The molecule has 0 aliphatic carbocycles. The number of carbonyl (C=O) groups is 2. The number of carbonyl (C=O) groups excluding carboxylic acids is 2. The van der Waals surface area contributed by atoms with E-state index in [4.69, 9.17) is 16.3 Å². The van der Waals surface area contributed by atoms with Crippen molar-refractivity contribution in [3.8, 4) is 5.75 Å². The maximum atomic E-state index is 14.0. The molecule has 1 N–H and O–H groups in total. The van der Waals surface area contributed by atoms with Gasteiger partial charge in [0.1, 0.15) is 18.3 Å². The van der Waals surface area contributed by atoms with Crippen molar-refractivity contribution < 1.29 is 22.7 Å². The van der Waals surface area contributed by atoms with Crippen molar-refractivity contribution in [1.82, 2.24) is 10.2 Å². The summed E-state index contributed by atoms with van der Waals surface area (Å²) in [7, 11) is -4.19. The first-order chi connectivity index (χ1) is 19.0. The molecule has 3 aromatic carbocycles. The number of anilines is 1. The number of amides is 2. The number of nitrogens with zero attached hydrogens (tertiary/aromatic N) is 2. The van der Waals surface area contributed by atoms with Crippen LogP contribution in [0, 0.1) is 5.92 Å². The van der Waals surface area contributed by atoms with E-state index >= 15 is 0 Å². The second kappa shape index (κ2) is 14.2. The molecule has 8 nitrogen and oxygen atoms in total. The normalized spacial score (nSPS) is 12.1. The van der Waals surface area contributed by atoms with Gasteiger partial charge in [0.05, 0.1) is 17.2 Å². The second-order valence-electron chi connectivity index (χ2n) is 9.69. The molecule has 0 saturated heterocycles. The van der Waals surface area contributed by atoms with Gasteiger partial charge in [-0.2, -0.15) is 0 Å². The molecule has 40 heavy (non-hydrogen) atoms. The first kappa shape index (κ1) is 31.0. The highest BCUT2D eigenvalue weighted by atomic mass is 35.5. The molecule has 2 amide bonds. The summed E-state index contributed by atoms with van der Waals surface area (Å²) in [6.45, 7) is 7.62. The third-order valence-electron chi connectivity index (χ3n) is 6.14. The summed E-state index contributed by atoms with van der Waals surface area (Å²) in [5, 5.41) is 3.36. The zero-order chi connectivity index (χ0) is 29.3. The molecule has 0 aliphatic heterocycles. The van der Waals surface area contributed by atoms with E-state index in [1.54, 1.807) is 80.6 Å². The first-order valence-corrected chi connectivity index (χ1v) is 15.0. The topological polar surface area (TPSA) is 96.0 Å². The van der Waals surface area contributed by atoms with Crippen LogP contribution >= 0.6 is 11.6 Å². The van der Waals surface area contributed by atoms with Crippen molar-refractivity contribution in [2.75, 3.05) is 24.0 Å². The Balaban J connectivity index is 2.05. The molecule has 0 bridgehead atoms. The molecule has 214 valence electrons. The third-order valence-corrected chi connectivity index (χ3v) is 8.15. The fraction of sp³-hybridized carbons (Fsp3) is 0.333. The summed E-state index contributed by atoms with van der Waals surface area (Å²) in [5.74, 6) is -0.356. The van der Waals surface area contributed by atoms with E-state index in [0.717, 1.165) is 4.31 Å². The minimum atomic E-state index is -4.19. The molecule has 1 atom stereocenters. The van der Waals surface area contributed by atoms with Gasteiger partial charge in [0, 0.05) is 18.1 Å². The molecular formula is C30H36ClN3O5S. The van der Waals surface area contributed by atoms with Gasteiger partial charge in [0.25, 0.3) is 10.0 Å². The third kappa shape index (κ3) is 7.99. The number of nitrogens with one attached hydrogen (secondary N) is 1. The Labute approximate surface area is 241 Å². The zero-order valence-corrected chi connectivity index (χ0v) is 24.8. The van der Waals surface area contributed by atoms with Crippen molar-refractivity contribution in [2.45, 2.75) is 45.2 Å². The predicted molar refractivity (Wildman–Crippen MR) is 158 cm³/mol. The van der Waals surface area contributed by atoms with Gasteiger partial charge in [-0.15, -0.1) is 0 Å². The quantitative estimate of drug-likeness (QED) is 0.300. The van der Waals surface area contributed by atoms with Crippen LogP contribution in [0.3, 0.4) is 0 Å². The van der Waals surface area contributed by atoms with Gasteiger partial charge in [-0.3, -0.25) is 13.9 Å². The van der Waals surface area contributed by atoms with Crippen LogP contribution in [0.4, 0.5) is 5.69 Å². The highest BCUT2D eigenvalue weighted by molar-refractivity contribution is 7.92. The number of para-hydroxylation sites is 2. The predicted octanol–water partition coefficient (Wildman–Crippen LogP) is 5.12. The van der Waals surface area contributed by atoms with Crippen LogP contribution in [0.2, 0.25) is 5.02 Å². The lowest BCUT2D eigenvalue weighted by Crippen LogP contribution is -2.51. The number of halogens is 1. The molecule has 3 rings (SSSR count). The maximum absolute atomic E-state index is 14.0. The average molecular weight is 586 g/mol. The molecular weight excluding hydrogens is 550 g/mol. The number of ether oxygens (including phenoxy) is 1. The van der Waals surface area contributed by atoms with Gasteiger partial charge in [-0.05, 0) is 61.7 Å². The lowest BCUT2D eigenvalue weighted by molar-refractivity contribution is -0.139. The fourth-order valence-electron chi connectivity index (χ4n) is 4.04. The van der Waals surface area contributed by atoms with E-state index in [1.807, 2.05) is 13.8 Å². The van der Waals surface area contributed by atoms with E-state index < -0.39 is 28.5 Å². The van der Waals surface area contributed by atoms with Crippen molar-refractivity contribution >= 4 is 39.1 Å². The van der Waals surface area contributed by atoms with Gasteiger partial charge in [-0.25, -0.2) is 8.42 Å². The number of rotatable bonds is 13. The standard InChI is InChI=1S/C30H36ClN3O5S/c1-5-39-28-17-10-9-16-27(28)34(40(37,38)26-14-7-6-8-15-26)21-29(35)33(20-24-12-11-13-25(31)18-24)23(4)30(36)32-19-22(2)3/h6-18,22-23H,5,19-21H2,1-4H3,(H,32,36). The van der Waals surface area contributed by atoms with E-state index in [1.165, 1.54) is 17.0 Å². The van der Waals surface area contributed by atoms with Gasteiger partial charge in [0.15, 0.2) is 0 Å². The van der Waals surface area contributed by atoms with Crippen molar-refractivity contribution in [3.05, 3.63) is 89.4 Å². The second-order valence-corrected chi connectivity index (χ2v) is 12.0. The Kier molecular flexibility index (Phi) is 11.0. The van der Waals surface area contributed by atoms with Crippen LogP contribution in [-0.2, 0) is 26.2 Å². The summed E-state index contributed by atoms with van der Waals surface area (Å²) in [6.07, 6.45) is 0. The van der Waals surface area contributed by atoms with Crippen LogP contribution in [0.15, 0.2) is 83.8 Å². The number of hydrogen-bond donors (Lipinski definition) is 1. The van der Waals surface area contributed by atoms with Gasteiger partial charge >= 0.3 is 0 Å². The van der Waals surface area contributed by atoms with E-state index in [-0.39, 0.29) is 29.0 Å². The lowest BCUT2D eigenvalue weighted by Gasteiger charge is -2.32. The number of hydrogen-bond acceptors (Lipinski definition) is 5. The molecule has 1 unspecified atom stereocenters. The minimum Gasteiger partial charge on any atom is -0.492 e. The van der Waals surface area contributed by atoms with Gasteiger partial charge in [0.2, 0.25) is 11.8 Å². The van der Waals surface area contributed by atoms with Crippen LogP contribution in [-0.4, -0.2) is 50.9 Å². The Morgan fingerprint density at radius 1 is 0.950 bits per heavy atom. The van der Waals surface area contributed by atoms with Crippen molar-refractivity contribution in [2.24, 2.45) is 5.92 Å². The summed E-state index contributed by atoms with van der Waals surface area (Å²) in [5.41, 5.74) is 0.928. The Hall–Kier alpha value is -3.56. The summed E-state index contributed by atoms with van der Waals surface area (Å²) < 4.78 is 34.6. The summed E-state index contributed by atoms with van der Waals surface area (Å²) in [4.78, 5) is 28.5. The maximum Gasteiger partial charge on any atom is 0.264 e. The zero-order valence-electron chi connectivity index (χ0n) is 23.2. The lowest BCUT2D eigenvalue weighted by atomic mass is 10.1. The summed E-state index contributed by atoms with van der Waals surface area (Å²) >= 11 is 6.19. The summed E-state index contributed by atoms with van der Waals surface area (Å²) in [6, 6.07) is 20.7. The first-order valence-electron chi connectivity index (χ1n) is 13.2.